The lowest BCUT2D eigenvalue weighted by Gasteiger charge is -2.41. The quantitative estimate of drug-likeness (QED) is 0.457. The van der Waals surface area contributed by atoms with Crippen LogP contribution in [-0.4, -0.2) is 91.0 Å². The second-order valence-corrected chi connectivity index (χ2v) is 8.13. The van der Waals surface area contributed by atoms with Gasteiger partial charge in [0.15, 0.2) is 5.78 Å². The van der Waals surface area contributed by atoms with Crippen molar-refractivity contribution in [1.29, 1.82) is 0 Å². The Hall–Kier alpha value is -2.67. The molecule has 2 aliphatic rings. The smallest absolute Gasteiger partial charge is 0.229 e. The van der Waals surface area contributed by atoms with E-state index in [1.54, 1.807) is 13.0 Å². The summed E-state index contributed by atoms with van der Waals surface area (Å²) in [7, 11) is 4.18. The fourth-order valence-corrected chi connectivity index (χ4v) is 4.41. The van der Waals surface area contributed by atoms with E-state index in [-0.39, 0.29) is 45.8 Å². The fraction of sp³-hybridized carbons (Fsp3) is 0.522. The molecule has 4 rings (SSSR count). The maximum absolute atomic E-state index is 13.0. The number of hydrogen-bond acceptors (Lipinski definition) is 11. The number of aliphatic hydroxyl groups excluding tert-OH is 3. The first kappa shape index (κ1) is 24.5. The summed E-state index contributed by atoms with van der Waals surface area (Å²) in [6.45, 7) is 0.991. The first-order valence-corrected chi connectivity index (χ1v) is 10.7. The lowest BCUT2D eigenvalue weighted by Crippen LogP contribution is -2.60. The zero-order chi connectivity index (χ0) is 24.7. The summed E-state index contributed by atoms with van der Waals surface area (Å²) in [5, 5.41) is 42.5. The molecule has 0 aromatic heterocycles. The van der Waals surface area contributed by atoms with Gasteiger partial charge in [-0.3, -0.25) is 4.79 Å². The molecular weight excluding hydrogens is 452 g/mol. The second kappa shape index (κ2) is 9.53. The number of benzene rings is 2. The average Bonchev–Trinajstić information content (AvgIpc) is 2.85. The van der Waals surface area contributed by atoms with E-state index in [4.69, 9.17) is 28.4 Å². The van der Waals surface area contributed by atoms with Crippen molar-refractivity contribution < 1.29 is 53.6 Å². The minimum absolute atomic E-state index is 0.0101. The number of aliphatic hydroxyl groups is 3. The average molecular weight is 480 g/mol. The Morgan fingerprint density at radius 1 is 1.12 bits per heavy atom. The normalized spacial score (nSPS) is 29.1. The van der Waals surface area contributed by atoms with Gasteiger partial charge in [0.2, 0.25) is 6.29 Å². The number of phenols is 1. The third-order valence-corrected chi connectivity index (χ3v) is 6.25. The predicted octanol–water partition coefficient (Wildman–Crippen LogP) is 0.497. The number of hydrogen-bond donors (Lipinski definition) is 4. The lowest BCUT2D eigenvalue weighted by molar-refractivity contribution is -0.281. The second-order valence-electron chi connectivity index (χ2n) is 8.13. The molecule has 1 fully saturated rings. The third kappa shape index (κ3) is 3.84. The van der Waals surface area contributed by atoms with Crippen LogP contribution in [0.4, 0.5) is 0 Å². The molecule has 4 N–H and O–H groups in total. The first-order chi connectivity index (χ1) is 16.3. The summed E-state index contributed by atoms with van der Waals surface area (Å²) in [6, 6.07) is 3.10. The zero-order valence-corrected chi connectivity index (χ0v) is 19.2. The van der Waals surface area contributed by atoms with Crippen molar-refractivity contribution in [3.05, 3.63) is 23.3 Å². The highest BCUT2D eigenvalue weighted by molar-refractivity contribution is 6.12. The van der Waals surface area contributed by atoms with Crippen LogP contribution in [0.1, 0.15) is 22.8 Å². The molecule has 0 aliphatic carbocycles. The standard InChI is InChI=1S/C23H28O11/c1-9-17(25)16-12(8-32-9)21(15-11(18(16)26)5-10(29-2)6-13(15)30-3)34-23-20(28)19(27)22(31-4)14(7-24)33-23/h5-6,9,14,19-20,22-24,26-28H,7-8H2,1-4H3/t9?,14-,19-,20-,22-,23+/m1/s1. The molecular formula is C23H28O11. The van der Waals surface area contributed by atoms with Crippen molar-refractivity contribution in [2.24, 2.45) is 0 Å². The number of carbonyl (C=O) groups is 1. The Kier molecular flexibility index (Phi) is 6.85. The fourth-order valence-electron chi connectivity index (χ4n) is 4.41. The molecule has 2 aromatic carbocycles. The van der Waals surface area contributed by atoms with Gasteiger partial charge in [-0.2, -0.15) is 0 Å². The summed E-state index contributed by atoms with van der Waals surface area (Å²) in [6.07, 6.45) is -7.22. The van der Waals surface area contributed by atoms with Crippen LogP contribution in [0.15, 0.2) is 12.1 Å². The molecule has 1 unspecified atom stereocenters. The van der Waals surface area contributed by atoms with Crippen molar-refractivity contribution in [2.45, 2.75) is 50.3 Å². The van der Waals surface area contributed by atoms with Crippen LogP contribution in [0.25, 0.3) is 10.8 Å². The van der Waals surface area contributed by atoms with Crippen LogP contribution in [-0.2, 0) is 20.8 Å². The largest absolute Gasteiger partial charge is 0.507 e. The van der Waals surface area contributed by atoms with Crippen molar-refractivity contribution in [3.63, 3.8) is 0 Å². The molecule has 11 heteroatoms. The predicted molar refractivity (Wildman–Crippen MR) is 116 cm³/mol. The Balaban J connectivity index is 1.93. The van der Waals surface area contributed by atoms with Gasteiger partial charge in [-0.1, -0.05) is 0 Å². The van der Waals surface area contributed by atoms with Gasteiger partial charge in [0, 0.05) is 24.1 Å². The number of fused-ring (bicyclic) bond motifs is 2. The van der Waals surface area contributed by atoms with E-state index in [2.05, 4.69) is 0 Å². The van der Waals surface area contributed by atoms with E-state index in [9.17, 15) is 25.2 Å². The molecule has 0 bridgehead atoms. The number of phenolic OH excluding ortho intramolecular Hbond substituents is 1. The highest BCUT2D eigenvalue weighted by Gasteiger charge is 2.46. The van der Waals surface area contributed by atoms with Crippen molar-refractivity contribution >= 4 is 16.6 Å². The van der Waals surface area contributed by atoms with Gasteiger partial charge < -0.3 is 48.8 Å². The van der Waals surface area contributed by atoms with E-state index in [0.717, 1.165) is 0 Å². The first-order valence-electron chi connectivity index (χ1n) is 10.7. The number of carbonyl (C=O) groups excluding carboxylic acids is 1. The Bertz CT molecular complexity index is 1080. The summed E-state index contributed by atoms with van der Waals surface area (Å²) in [4.78, 5) is 13.0. The molecule has 186 valence electrons. The molecule has 2 heterocycles. The molecule has 34 heavy (non-hydrogen) atoms. The van der Waals surface area contributed by atoms with E-state index in [1.807, 2.05) is 0 Å². The summed E-state index contributed by atoms with van der Waals surface area (Å²) < 4.78 is 33.3. The molecule has 6 atom stereocenters. The SMILES string of the molecule is COc1cc(OC)c2c(O[C@@H]3O[C@H](CO)[C@@H](OC)[C@H](O)[C@H]3O)c3c(c(O)c2c1)C(=O)C(C)OC3. The van der Waals surface area contributed by atoms with Crippen molar-refractivity contribution in [2.75, 3.05) is 27.9 Å². The molecule has 0 saturated carbocycles. The molecule has 0 radical (unpaired) electrons. The van der Waals surface area contributed by atoms with Crippen LogP contribution in [0.5, 0.6) is 23.0 Å². The highest BCUT2D eigenvalue weighted by Crippen LogP contribution is 2.49. The van der Waals surface area contributed by atoms with Crippen molar-refractivity contribution in [3.8, 4) is 23.0 Å². The number of methoxy groups -OCH3 is 3. The highest BCUT2D eigenvalue weighted by atomic mass is 16.7. The van der Waals surface area contributed by atoms with Crippen LogP contribution in [0, 0.1) is 0 Å². The van der Waals surface area contributed by atoms with E-state index in [1.165, 1.54) is 27.4 Å². The van der Waals surface area contributed by atoms with Gasteiger partial charge in [-0.05, 0) is 13.0 Å². The van der Waals surface area contributed by atoms with Gasteiger partial charge in [0.25, 0.3) is 0 Å². The minimum Gasteiger partial charge on any atom is -0.507 e. The van der Waals surface area contributed by atoms with Crippen molar-refractivity contribution in [1.82, 2.24) is 0 Å². The number of aromatic hydroxyl groups is 1. The van der Waals surface area contributed by atoms with E-state index < -0.39 is 49.2 Å². The van der Waals surface area contributed by atoms with Gasteiger partial charge in [0.05, 0.1) is 38.4 Å². The number of rotatable bonds is 6. The third-order valence-electron chi connectivity index (χ3n) is 6.25. The van der Waals surface area contributed by atoms with Crippen LogP contribution >= 0.6 is 0 Å². The monoisotopic (exact) mass is 480 g/mol. The van der Waals surface area contributed by atoms with Gasteiger partial charge in [-0.25, -0.2) is 0 Å². The molecule has 2 aliphatic heterocycles. The van der Waals surface area contributed by atoms with Gasteiger partial charge >= 0.3 is 0 Å². The topological polar surface area (TPSA) is 153 Å². The molecule has 1 saturated heterocycles. The Morgan fingerprint density at radius 2 is 1.85 bits per heavy atom. The molecule has 2 aromatic rings. The molecule has 0 amide bonds. The minimum atomic E-state index is -1.56. The maximum atomic E-state index is 13.0. The summed E-state index contributed by atoms with van der Waals surface area (Å²) in [5.41, 5.74) is 0.243. The zero-order valence-electron chi connectivity index (χ0n) is 19.2. The number of ketones is 1. The molecule has 11 nitrogen and oxygen atoms in total. The van der Waals surface area contributed by atoms with Crippen LogP contribution < -0.4 is 14.2 Å². The molecule has 0 spiro atoms. The van der Waals surface area contributed by atoms with Crippen LogP contribution in [0.3, 0.4) is 0 Å². The van der Waals surface area contributed by atoms with E-state index >= 15 is 0 Å². The lowest BCUT2D eigenvalue weighted by atomic mass is 9.91. The summed E-state index contributed by atoms with van der Waals surface area (Å²) >= 11 is 0. The van der Waals surface area contributed by atoms with Crippen LogP contribution in [0.2, 0.25) is 0 Å². The Labute approximate surface area is 195 Å². The number of Topliss-reactive ketones (excluding diaryl/α,β-unsaturated/α-hetero) is 1. The van der Waals surface area contributed by atoms with Gasteiger partial charge in [-0.15, -0.1) is 0 Å². The number of ether oxygens (including phenoxy) is 6. The summed E-state index contributed by atoms with van der Waals surface area (Å²) in [5.74, 6) is -0.0531. The van der Waals surface area contributed by atoms with E-state index in [0.29, 0.717) is 5.75 Å². The van der Waals surface area contributed by atoms with Gasteiger partial charge in [0.1, 0.15) is 53.5 Å². The maximum Gasteiger partial charge on any atom is 0.229 e. The Morgan fingerprint density at radius 3 is 2.47 bits per heavy atom.